The molecule has 0 aromatic heterocycles. The van der Waals surface area contributed by atoms with Crippen LogP contribution in [0.5, 0.6) is 5.75 Å². The van der Waals surface area contributed by atoms with Crippen molar-refractivity contribution in [1.82, 2.24) is 10.2 Å². The van der Waals surface area contributed by atoms with E-state index in [2.05, 4.69) is 5.32 Å². The molecule has 3 rings (SSSR count). The van der Waals surface area contributed by atoms with Crippen molar-refractivity contribution in [2.45, 2.75) is 44.2 Å². The van der Waals surface area contributed by atoms with Crippen LogP contribution in [-0.2, 0) is 26.2 Å². The molecule has 2 amide bonds. The van der Waals surface area contributed by atoms with Crippen LogP contribution in [0.15, 0.2) is 77.7 Å². The van der Waals surface area contributed by atoms with Gasteiger partial charge in [-0.3, -0.25) is 13.9 Å². The van der Waals surface area contributed by atoms with Gasteiger partial charge in [0.2, 0.25) is 11.8 Å². The maximum atomic E-state index is 14.0. The third kappa shape index (κ3) is 7.68. The molecule has 0 spiro atoms. The minimum Gasteiger partial charge on any atom is -0.495 e. The van der Waals surface area contributed by atoms with Crippen molar-refractivity contribution in [1.29, 1.82) is 0 Å². The molecule has 1 N–H and O–H groups in total. The Hall–Kier alpha value is -3.27. The van der Waals surface area contributed by atoms with Crippen LogP contribution in [0.25, 0.3) is 0 Å². The van der Waals surface area contributed by atoms with E-state index in [9.17, 15) is 18.0 Å². The molecule has 0 radical (unpaired) electrons. The molecule has 8 nitrogen and oxygen atoms in total. The molecule has 214 valence electrons. The summed E-state index contributed by atoms with van der Waals surface area (Å²) in [6.45, 7) is 3.50. The number of para-hydroxylation sites is 2. The van der Waals surface area contributed by atoms with Crippen molar-refractivity contribution >= 4 is 50.7 Å². The first-order valence-corrected chi connectivity index (χ1v) is 15.0. The highest BCUT2D eigenvalue weighted by Gasteiger charge is 2.33. The molecule has 3 aromatic rings. The fourth-order valence-electron chi connectivity index (χ4n) is 4.02. The highest BCUT2D eigenvalue weighted by atomic mass is 35.5. The molecular weight excluding hydrogens is 573 g/mol. The zero-order valence-corrected chi connectivity index (χ0v) is 25.0. The summed E-state index contributed by atoms with van der Waals surface area (Å²) < 4.78 is 34.2. The number of nitrogens with zero attached hydrogens (tertiary/aromatic N) is 2. The fourth-order valence-corrected chi connectivity index (χ4v) is 5.79. The van der Waals surface area contributed by atoms with Crippen LogP contribution in [0.3, 0.4) is 0 Å². The van der Waals surface area contributed by atoms with E-state index in [0.717, 1.165) is 17.1 Å². The lowest BCUT2D eigenvalue weighted by Crippen LogP contribution is -2.51. The number of ether oxygens (including phenoxy) is 1. The molecule has 0 fully saturated rings. The average molecular weight is 607 g/mol. The highest BCUT2D eigenvalue weighted by Crippen LogP contribution is 2.32. The predicted molar refractivity (Wildman–Crippen MR) is 158 cm³/mol. The first-order valence-electron chi connectivity index (χ1n) is 12.8. The van der Waals surface area contributed by atoms with Gasteiger partial charge in [-0.15, -0.1) is 0 Å². The second kappa shape index (κ2) is 14.4. The van der Waals surface area contributed by atoms with Crippen molar-refractivity contribution in [2.24, 2.45) is 0 Å². The van der Waals surface area contributed by atoms with E-state index in [1.54, 1.807) is 67.6 Å². The molecule has 40 heavy (non-hydrogen) atoms. The number of unbranched alkanes of at least 4 members (excludes halogenated alkanes) is 1. The number of carbonyl (C=O) groups excluding carboxylic acids is 2. The van der Waals surface area contributed by atoms with E-state index in [4.69, 9.17) is 27.9 Å². The van der Waals surface area contributed by atoms with Crippen molar-refractivity contribution in [3.05, 3.63) is 88.4 Å². The normalized spacial score (nSPS) is 11.9. The molecule has 1 unspecified atom stereocenters. The van der Waals surface area contributed by atoms with E-state index in [1.807, 2.05) is 6.92 Å². The van der Waals surface area contributed by atoms with E-state index < -0.39 is 28.5 Å². The number of hydrogen-bond acceptors (Lipinski definition) is 5. The highest BCUT2D eigenvalue weighted by molar-refractivity contribution is 7.92. The summed E-state index contributed by atoms with van der Waals surface area (Å²) in [6.07, 6.45) is 1.68. The predicted octanol–water partition coefficient (Wildman–Crippen LogP) is 5.53. The van der Waals surface area contributed by atoms with Gasteiger partial charge in [-0.05, 0) is 55.3 Å². The minimum absolute atomic E-state index is 0.00321. The molecule has 1 atom stereocenters. The second-order valence-corrected chi connectivity index (χ2v) is 11.8. The number of rotatable bonds is 13. The third-order valence-electron chi connectivity index (χ3n) is 6.30. The third-order valence-corrected chi connectivity index (χ3v) is 8.81. The van der Waals surface area contributed by atoms with Gasteiger partial charge in [0.15, 0.2) is 0 Å². The van der Waals surface area contributed by atoms with Crippen LogP contribution >= 0.6 is 23.2 Å². The number of benzene rings is 3. The van der Waals surface area contributed by atoms with Gasteiger partial charge in [0.05, 0.1) is 27.7 Å². The summed E-state index contributed by atoms with van der Waals surface area (Å²) in [5.74, 6) is -0.664. The Balaban J connectivity index is 2.04. The molecule has 11 heteroatoms. The maximum absolute atomic E-state index is 14.0. The number of carbonyl (C=O) groups is 2. The van der Waals surface area contributed by atoms with Crippen LogP contribution < -0.4 is 14.4 Å². The number of amides is 2. The van der Waals surface area contributed by atoms with Gasteiger partial charge in [-0.25, -0.2) is 8.42 Å². The number of sulfonamides is 1. The fraction of sp³-hybridized carbons (Fsp3) is 0.310. The number of halogens is 2. The van der Waals surface area contributed by atoms with Gasteiger partial charge < -0.3 is 15.0 Å². The lowest BCUT2D eigenvalue weighted by Gasteiger charge is -2.32. The lowest BCUT2D eigenvalue weighted by atomic mass is 10.1. The van der Waals surface area contributed by atoms with Gasteiger partial charge in [-0.1, -0.05) is 72.9 Å². The van der Waals surface area contributed by atoms with Crippen LogP contribution in [0.1, 0.15) is 32.3 Å². The van der Waals surface area contributed by atoms with Crippen molar-refractivity contribution in [3.63, 3.8) is 0 Å². The summed E-state index contributed by atoms with van der Waals surface area (Å²) in [7, 11) is -2.77. The molecule has 0 aliphatic heterocycles. The minimum atomic E-state index is -4.20. The number of methoxy groups -OCH3 is 1. The number of anilines is 1. The Labute approximate surface area is 245 Å². The molecule has 3 aromatic carbocycles. The van der Waals surface area contributed by atoms with Gasteiger partial charge >= 0.3 is 0 Å². The Morgan fingerprint density at radius 3 is 2.30 bits per heavy atom. The van der Waals surface area contributed by atoms with Crippen LogP contribution in [-0.4, -0.2) is 51.4 Å². The van der Waals surface area contributed by atoms with Gasteiger partial charge in [0.1, 0.15) is 18.3 Å². The molecule has 0 aliphatic carbocycles. The largest absolute Gasteiger partial charge is 0.495 e. The number of nitrogens with one attached hydrogen (secondary N) is 1. The molecule has 0 aliphatic rings. The summed E-state index contributed by atoms with van der Waals surface area (Å²) in [6, 6.07) is 18.4. The Bertz CT molecular complexity index is 1420. The maximum Gasteiger partial charge on any atom is 0.264 e. The van der Waals surface area contributed by atoms with Crippen LogP contribution in [0.4, 0.5) is 5.69 Å². The summed E-state index contributed by atoms with van der Waals surface area (Å²) in [5.41, 5.74) is 0.822. The van der Waals surface area contributed by atoms with Crippen LogP contribution in [0, 0.1) is 0 Å². The van der Waals surface area contributed by atoms with E-state index >= 15 is 0 Å². The Kier molecular flexibility index (Phi) is 11.2. The van der Waals surface area contributed by atoms with Crippen molar-refractivity contribution < 1.29 is 22.7 Å². The first-order chi connectivity index (χ1) is 19.1. The standard InChI is InChI=1S/C29H33Cl2N3O5S/c1-4-5-17-32-29(36)21(2)33(19-22-15-16-24(30)25(31)18-22)28(35)20-34(26-13-9-10-14-27(26)39-3)40(37,38)23-11-7-6-8-12-23/h6-16,18,21H,4-5,17,19-20H2,1-3H3,(H,32,36). The molecule has 0 bridgehead atoms. The summed E-state index contributed by atoms with van der Waals surface area (Å²) in [5, 5.41) is 3.50. The Morgan fingerprint density at radius 2 is 1.65 bits per heavy atom. The van der Waals surface area contributed by atoms with Crippen molar-refractivity contribution in [2.75, 3.05) is 24.5 Å². The van der Waals surface area contributed by atoms with Crippen LogP contribution in [0.2, 0.25) is 10.0 Å². The van der Waals surface area contributed by atoms with E-state index in [1.165, 1.54) is 24.1 Å². The zero-order valence-electron chi connectivity index (χ0n) is 22.6. The first kappa shape index (κ1) is 31.3. The van der Waals surface area contributed by atoms with Gasteiger partial charge in [0, 0.05) is 13.1 Å². The monoisotopic (exact) mass is 605 g/mol. The van der Waals surface area contributed by atoms with E-state index in [0.29, 0.717) is 22.2 Å². The zero-order chi connectivity index (χ0) is 29.3. The van der Waals surface area contributed by atoms with E-state index in [-0.39, 0.29) is 28.8 Å². The number of hydrogen-bond donors (Lipinski definition) is 1. The molecule has 0 heterocycles. The smallest absolute Gasteiger partial charge is 0.264 e. The summed E-state index contributed by atoms with van der Waals surface area (Å²) in [4.78, 5) is 28.4. The van der Waals surface area contributed by atoms with Gasteiger partial charge in [-0.2, -0.15) is 0 Å². The topological polar surface area (TPSA) is 96.0 Å². The van der Waals surface area contributed by atoms with Crippen molar-refractivity contribution in [3.8, 4) is 5.75 Å². The molecule has 0 saturated heterocycles. The lowest BCUT2D eigenvalue weighted by molar-refractivity contribution is -0.139. The molecule has 0 saturated carbocycles. The SMILES string of the molecule is CCCCNC(=O)C(C)N(Cc1ccc(Cl)c(Cl)c1)C(=O)CN(c1ccccc1OC)S(=O)(=O)c1ccccc1. The molecular formula is C29H33Cl2N3O5S. The quantitative estimate of drug-likeness (QED) is 0.258. The van der Waals surface area contributed by atoms with Gasteiger partial charge in [0.25, 0.3) is 10.0 Å². The second-order valence-electron chi connectivity index (χ2n) is 9.09. The Morgan fingerprint density at radius 1 is 0.975 bits per heavy atom. The summed E-state index contributed by atoms with van der Waals surface area (Å²) >= 11 is 12.3. The average Bonchev–Trinajstić information content (AvgIpc) is 2.96.